The SMILES string of the molecule is COC(=O)C(C)c1nc(Cl)ncc1C. The molecule has 0 saturated heterocycles. The standard InChI is InChI=1S/C9H11ClN2O2/c1-5-4-11-9(10)12-7(5)6(2)8(13)14-3/h4,6H,1-3H3. The Balaban J connectivity index is 3.05. The summed E-state index contributed by atoms with van der Waals surface area (Å²) in [7, 11) is 1.34. The van der Waals surface area contributed by atoms with Crippen LogP contribution in [0.2, 0.25) is 5.28 Å². The lowest BCUT2D eigenvalue weighted by Crippen LogP contribution is -2.14. The molecule has 0 aliphatic heterocycles. The van der Waals surface area contributed by atoms with E-state index in [1.165, 1.54) is 7.11 Å². The molecule has 0 aliphatic carbocycles. The molecule has 5 heteroatoms. The fraction of sp³-hybridized carbons (Fsp3) is 0.444. The summed E-state index contributed by atoms with van der Waals surface area (Å²) in [5.74, 6) is -0.747. The van der Waals surface area contributed by atoms with Gasteiger partial charge in [-0.15, -0.1) is 0 Å². The normalized spacial score (nSPS) is 12.3. The van der Waals surface area contributed by atoms with Gasteiger partial charge in [0, 0.05) is 6.20 Å². The summed E-state index contributed by atoms with van der Waals surface area (Å²) in [4.78, 5) is 19.1. The number of esters is 1. The molecule has 1 unspecified atom stereocenters. The first-order valence-corrected chi connectivity index (χ1v) is 4.51. The van der Waals surface area contributed by atoms with E-state index in [-0.39, 0.29) is 11.3 Å². The second-order valence-electron chi connectivity index (χ2n) is 2.95. The maximum absolute atomic E-state index is 11.3. The molecule has 4 nitrogen and oxygen atoms in total. The number of rotatable bonds is 2. The number of carbonyl (C=O) groups excluding carboxylic acids is 1. The zero-order valence-corrected chi connectivity index (χ0v) is 9.00. The number of aryl methyl sites for hydroxylation is 1. The Morgan fingerprint density at radius 3 is 2.86 bits per heavy atom. The van der Waals surface area contributed by atoms with Gasteiger partial charge in [0.05, 0.1) is 18.7 Å². The number of methoxy groups -OCH3 is 1. The monoisotopic (exact) mass is 214 g/mol. The number of carbonyl (C=O) groups is 1. The molecule has 1 aromatic heterocycles. The highest BCUT2D eigenvalue weighted by Gasteiger charge is 2.19. The molecule has 0 radical (unpaired) electrons. The number of hydrogen-bond donors (Lipinski definition) is 0. The molecule has 0 saturated carbocycles. The van der Waals surface area contributed by atoms with Crippen LogP contribution in [0.25, 0.3) is 0 Å². The highest BCUT2D eigenvalue weighted by molar-refractivity contribution is 6.28. The van der Waals surface area contributed by atoms with Gasteiger partial charge >= 0.3 is 5.97 Å². The van der Waals surface area contributed by atoms with E-state index >= 15 is 0 Å². The average Bonchev–Trinajstić information content (AvgIpc) is 2.19. The molecule has 0 N–H and O–H groups in total. The zero-order valence-electron chi connectivity index (χ0n) is 8.24. The smallest absolute Gasteiger partial charge is 0.314 e. The van der Waals surface area contributed by atoms with Gasteiger partial charge in [0.15, 0.2) is 0 Å². The Labute approximate surface area is 87.3 Å². The minimum absolute atomic E-state index is 0.140. The van der Waals surface area contributed by atoms with Crippen LogP contribution < -0.4 is 0 Å². The third kappa shape index (κ3) is 2.20. The van der Waals surface area contributed by atoms with Crippen LogP contribution in [0.15, 0.2) is 6.20 Å². The maximum atomic E-state index is 11.3. The van der Waals surface area contributed by atoms with E-state index in [9.17, 15) is 4.79 Å². The van der Waals surface area contributed by atoms with Crippen LogP contribution >= 0.6 is 11.6 Å². The van der Waals surface area contributed by atoms with Crippen molar-refractivity contribution in [1.82, 2.24) is 9.97 Å². The quantitative estimate of drug-likeness (QED) is 0.556. The second kappa shape index (κ2) is 4.37. The lowest BCUT2D eigenvalue weighted by atomic mass is 10.0. The van der Waals surface area contributed by atoms with Crippen molar-refractivity contribution in [3.8, 4) is 0 Å². The average molecular weight is 215 g/mol. The molecular formula is C9H11ClN2O2. The Morgan fingerprint density at radius 2 is 2.29 bits per heavy atom. The van der Waals surface area contributed by atoms with Crippen molar-refractivity contribution in [3.63, 3.8) is 0 Å². The fourth-order valence-electron chi connectivity index (χ4n) is 1.16. The van der Waals surface area contributed by atoms with Gasteiger partial charge in [-0.1, -0.05) is 0 Å². The minimum atomic E-state index is -0.416. The molecule has 1 aromatic rings. The summed E-state index contributed by atoms with van der Waals surface area (Å²) in [6, 6.07) is 0. The summed E-state index contributed by atoms with van der Waals surface area (Å²) in [6.07, 6.45) is 1.59. The van der Waals surface area contributed by atoms with Crippen LogP contribution in [0.5, 0.6) is 0 Å². The number of aromatic nitrogens is 2. The van der Waals surface area contributed by atoms with Gasteiger partial charge in [-0.05, 0) is 31.0 Å². The number of hydrogen-bond acceptors (Lipinski definition) is 4. The third-order valence-electron chi connectivity index (χ3n) is 1.95. The molecular weight excluding hydrogens is 204 g/mol. The molecule has 0 aliphatic rings. The summed E-state index contributed by atoms with van der Waals surface area (Å²) >= 11 is 5.63. The van der Waals surface area contributed by atoms with Gasteiger partial charge in [-0.2, -0.15) is 0 Å². The summed E-state index contributed by atoms with van der Waals surface area (Å²) in [6.45, 7) is 3.54. The van der Waals surface area contributed by atoms with Crippen LogP contribution in [-0.4, -0.2) is 23.0 Å². The zero-order chi connectivity index (χ0) is 10.7. The van der Waals surface area contributed by atoms with Gasteiger partial charge in [-0.25, -0.2) is 9.97 Å². The predicted molar refractivity (Wildman–Crippen MR) is 52.2 cm³/mol. The molecule has 0 spiro atoms. The van der Waals surface area contributed by atoms with Gasteiger partial charge in [0.25, 0.3) is 0 Å². The minimum Gasteiger partial charge on any atom is -0.469 e. The number of ether oxygens (including phenoxy) is 1. The first kappa shape index (κ1) is 10.9. The highest BCUT2D eigenvalue weighted by atomic mass is 35.5. The lowest BCUT2D eigenvalue weighted by molar-refractivity contribution is -0.142. The van der Waals surface area contributed by atoms with Crippen molar-refractivity contribution in [2.45, 2.75) is 19.8 Å². The van der Waals surface area contributed by atoms with Crippen LogP contribution in [0.4, 0.5) is 0 Å². The topological polar surface area (TPSA) is 52.1 Å². The first-order chi connectivity index (χ1) is 6.56. The number of halogens is 1. The van der Waals surface area contributed by atoms with Crippen molar-refractivity contribution in [3.05, 3.63) is 22.7 Å². The van der Waals surface area contributed by atoms with E-state index in [1.807, 2.05) is 6.92 Å². The molecule has 0 aromatic carbocycles. The molecule has 0 amide bonds. The Morgan fingerprint density at radius 1 is 1.64 bits per heavy atom. The molecule has 1 heterocycles. The lowest BCUT2D eigenvalue weighted by Gasteiger charge is -2.10. The molecule has 14 heavy (non-hydrogen) atoms. The van der Waals surface area contributed by atoms with Gasteiger partial charge in [0.2, 0.25) is 5.28 Å². The number of nitrogens with zero attached hydrogens (tertiary/aromatic N) is 2. The molecule has 1 atom stereocenters. The van der Waals surface area contributed by atoms with E-state index in [0.29, 0.717) is 5.69 Å². The van der Waals surface area contributed by atoms with Gasteiger partial charge < -0.3 is 4.74 Å². The molecule has 0 bridgehead atoms. The third-order valence-corrected chi connectivity index (χ3v) is 2.13. The van der Waals surface area contributed by atoms with E-state index in [4.69, 9.17) is 11.6 Å². The van der Waals surface area contributed by atoms with Crippen LogP contribution in [0, 0.1) is 6.92 Å². The summed E-state index contributed by atoms with van der Waals surface area (Å²) in [5, 5.41) is 0.140. The van der Waals surface area contributed by atoms with E-state index in [1.54, 1.807) is 13.1 Å². The molecule has 1 rings (SSSR count). The van der Waals surface area contributed by atoms with Gasteiger partial charge in [0.1, 0.15) is 0 Å². The van der Waals surface area contributed by atoms with Crippen molar-refractivity contribution < 1.29 is 9.53 Å². The largest absolute Gasteiger partial charge is 0.469 e. The van der Waals surface area contributed by atoms with Crippen molar-refractivity contribution >= 4 is 17.6 Å². The van der Waals surface area contributed by atoms with Crippen LogP contribution in [-0.2, 0) is 9.53 Å². The molecule has 0 fully saturated rings. The maximum Gasteiger partial charge on any atom is 0.314 e. The predicted octanol–water partition coefficient (Wildman–Crippen LogP) is 1.71. The Kier molecular flexibility index (Phi) is 3.41. The van der Waals surface area contributed by atoms with Crippen molar-refractivity contribution in [2.75, 3.05) is 7.11 Å². The van der Waals surface area contributed by atoms with Gasteiger partial charge in [-0.3, -0.25) is 4.79 Å². The van der Waals surface area contributed by atoms with Crippen molar-refractivity contribution in [1.29, 1.82) is 0 Å². The fourth-order valence-corrected chi connectivity index (χ4v) is 1.30. The van der Waals surface area contributed by atoms with Crippen LogP contribution in [0.3, 0.4) is 0 Å². The molecule has 76 valence electrons. The second-order valence-corrected chi connectivity index (χ2v) is 3.29. The summed E-state index contributed by atoms with van der Waals surface area (Å²) in [5.41, 5.74) is 1.43. The Bertz CT molecular complexity index is 355. The Hall–Kier alpha value is -1.16. The van der Waals surface area contributed by atoms with E-state index in [2.05, 4.69) is 14.7 Å². The van der Waals surface area contributed by atoms with Crippen LogP contribution in [0.1, 0.15) is 24.1 Å². The highest BCUT2D eigenvalue weighted by Crippen LogP contribution is 2.18. The van der Waals surface area contributed by atoms with E-state index < -0.39 is 5.92 Å². The van der Waals surface area contributed by atoms with E-state index in [0.717, 1.165) is 5.56 Å². The van der Waals surface area contributed by atoms with Crippen molar-refractivity contribution in [2.24, 2.45) is 0 Å². The summed E-state index contributed by atoms with van der Waals surface area (Å²) < 4.78 is 4.62. The first-order valence-electron chi connectivity index (χ1n) is 4.13.